The van der Waals surface area contributed by atoms with Crippen molar-refractivity contribution in [3.63, 3.8) is 0 Å². The van der Waals surface area contributed by atoms with Crippen LogP contribution >= 0.6 is 0 Å². The summed E-state index contributed by atoms with van der Waals surface area (Å²) in [5.74, 6) is 0. The quantitative estimate of drug-likeness (QED) is 0.493. The van der Waals surface area contributed by atoms with Crippen LogP contribution in [0.25, 0.3) is 0 Å². The third-order valence-electron chi connectivity index (χ3n) is 5.91. The number of hydrogen-bond acceptors (Lipinski definition) is 6. The third-order valence-corrected chi connectivity index (χ3v) is 5.91. The zero-order chi connectivity index (χ0) is 22.6. The maximum Gasteiger partial charge on any atom is 0.186 e. The lowest BCUT2D eigenvalue weighted by Gasteiger charge is -2.42. The molecule has 0 saturated carbocycles. The summed E-state index contributed by atoms with van der Waals surface area (Å²) in [6.07, 6.45) is -6.08. The molecule has 1 aliphatic rings. The third kappa shape index (κ3) is 4.21. The molecule has 0 amide bonds. The van der Waals surface area contributed by atoms with E-state index >= 15 is 0 Å². The Balaban J connectivity index is 1.77. The average molecular weight is 437 g/mol. The van der Waals surface area contributed by atoms with Crippen LogP contribution in [0.3, 0.4) is 0 Å². The lowest BCUT2D eigenvalue weighted by molar-refractivity contribution is -0.299. The van der Waals surface area contributed by atoms with E-state index in [2.05, 4.69) is 0 Å². The maximum absolute atomic E-state index is 10.6. The van der Waals surface area contributed by atoms with E-state index in [0.29, 0.717) is 0 Å². The molecule has 1 fully saturated rings. The van der Waals surface area contributed by atoms with Crippen molar-refractivity contribution in [3.05, 3.63) is 108 Å². The van der Waals surface area contributed by atoms with Crippen molar-refractivity contribution in [2.45, 2.75) is 36.3 Å². The highest BCUT2D eigenvalue weighted by molar-refractivity contribution is 5.47. The van der Waals surface area contributed by atoms with Crippen molar-refractivity contribution < 1.29 is 29.5 Å². The van der Waals surface area contributed by atoms with Crippen molar-refractivity contribution >= 4 is 0 Å². The molecule has 6 nitrogen and oxygen atoms in total. The van der Waals surface area contributed by atoms with Gasteiger partial charge >= 0.3 is 0 Å². The molecule has 3 N–H and O–H groups in total. The monoisotopic (exact) mass is 436 g/mol. The van der Waals surface area contributed by atoms with Gasteiger partial charge in [0.2, 0.25) is 0 Å². The smallest absolute Gasteiger partial charge is 0.186 e. The van der Waals surface area contributed by atoms with Crippen LogP contribution in [0.15, 0.2) is 91.0 Å². The van der Waals surface area contributed by atoms with Crippen LogP contribution in [0.4, 0.5) is 0 Å². The summed E-state index contributed by atoms with van der Waals surface area (Å²) in [7, 11) is 1.37. The van der Waals surface area contributed by atoms with Gasteiger partial charge in [-0.15, -0.1) is 0 Å². The van der Waals surface area contributed by atoms with E-state index in [1.807, 2.05) is 91.0 Å². The second kappa shape index (κ2) is 9.92. The van der Waals surface area contributed by atoms with Crippen LogP contribution in [-0.2, 0) is 19.8 Å². The number of aliphatic hydroxyl groups excluding tert-OH is 3. The van der Waals surface area contributed by atoms with Crippen molar-refractivity contribution in [2.24, 2.45) is 0 Å². The van der Waals surface area contributed by atoms with Gasteiger partial charge in [0.1, 0.15) is 30.0 Å². The molecule has 3 aromatic rings. The van der Waals surface area contributed by atoms with Gasteiger partial charge in [0.05, 0.1) is 6.61 Å². The number of hydrogen-bond donors (Lipinski definition) is 3. The Morgan fingerprint density at radius 2 is 1.12 bits per heavy atom. The number of methoxy groups -OCH3 is 1. The summed E-state index contributed by atoms with van der Waals surface area (Å²) in [4.78, 5) is 0. The zero-order valence-electron chi connectivity index (χ0n) is 17.8. The molecule has 0 unspecified atom stereocenters. The minimum Gasteiger partial charge on any atom is -0.387 e. The average Bonchev–Trinajstić information content (AvgIpc) is 2.86. The van der Waals surface area contributed by atoms with E-state index in [9.17, 15) is 15.3 Å². The van der Waals surface area contributed by atoms with Gasteiger partial charge in [-0.1, -0.05) is 91.0 Å². The van der Waals surface area contributed by atoms with Crippen molar-refractivity contribution in [3.8, 4) is 0 Å². The van der Waals surface area contributed by atoms with Gasteiger partial charge in [0.25, 0.3) is 0 Å². The molecule has 5 atom stereocenters. The standard InChI is InChI=1S/C26H28O6/c1-30-25-24(29)23(28)22(27)21(32-25)17-31-26(18-11-5-2-6-12-18,19-13-7-3-8-14-19)20-15-9-4-10-16-20/h2-16,21-25,27-29H,17H2,1H3/t21-,22-,23+,24+,25+/m1/s1. The van der Waals surface area contributed by atoms with E-state index in [0.717, 1.165) is 16.7 Å². The summed E-state index contributed by atoms with van der Waals surface area (Å²) in [5.41, 5.74) is 1.74. The van der Waals surface area contributed by atoms with Gasteiger partial charge < -0.3 is 29.5 Å². The van der Waals surface area contributed by atoms with E-state index < -0.39 is 36.3 Å². The molecular weight excluding hydrogens is 408 g/mol. The highest BCUT2D eigenvalue weighted by Crippen LogP contribution is 2.41. The van der Waals surface area contributed by atoms with E-state index in [1.165, 1.54) is 7.11 Å². The Hall–Kier alpha value is -2.58. The highest BCUT2D eigenvalue weighted by Gasteiger charge is 2.46. The SMILES string of the molecule is CO[C@H]1O[C@H](COC(c2ccccc2)(c2ccccc2)c2ccccc2)[C@@H](O)[C@H](O)[C@@H]1O. The van der Waals surface area contributed by atoms with Gasteiger partial charge in [-0.25, -0.2) is 0 Å². The lowest BCUT2D eigenvalue weighted by atomic mass is 9.80. The zero-order valence-corrected chi connectivity index (χ0v) is 17.8. The summed E-state index contributed by atoms with van der Waals surface area (Å²) in [5, 5.41) is 30.9. The minimum atomic E-state index is -1.41. The second-order valence-electron chi connectivity index (χ2n) is 7.84. The number of benzene rings is 3. The normalized spacial score (nSPS) is 26.1. The summed E-state index contributed by atoms with van der Waals surface area (Å²) >= 11 is 0. The molecule has 1 aliphatic heterocycles. The van der Waals surface area contributed by atoms with Gasteiger partial charge in [0.15, 0.2) is 6.29 Å². The Morgan fingerprint density at radius 1 is 0.688 bits per heavy atom. The molecule has 168 valence electrons. The lowest BCUT2D eigenvalue weighted by Crippen LogP contribution is -2.59. The maximum atomic E-state index is 10.6. The van der Waals surface area contributed by atoms with Crippen molar-refractivity contribution in [1.29, 1.82) is 0 Å². The number of ether oxygens (including phenoxy) is 3. The molecule has 0 aromatic heterocycles. The Kier molecular flexibility index (Phi) is 7.01. The first-order chi connectivity index (χ1) is 15.6. The van der Waals surface area contributed by atoms with Gasteiger partial charge in [0, 0.05) is 7.11 Å². The van der Waals surface area contributed by atoms with Gasteiger partial charge in [-0.3, -0.25) is 0 Å². The molecule has 0 aliphatic carbocycles. The topological polar surface area (TPSA) is 88.4 Å². The molecule has 3 aromatic carbocycles. The Morgan fingerprint density at radius 3 is 1.53 bits per heavy atom. The number of aliphatic hydroxyl groups is 3. The first-order valence-electron chi connectivity index (χ1n) is 10.6. The van der Waals surface area contributed by atoms with E-state index in [1.54, 1.807) is 0 Å². The van der Waals surface area contributed by atoms with Crippen molar-refractivity contribution in [1.82, 2.24) is 0 Å². The molecule has 1 heterocycles. The summed E-state index contributed by atoms with van der Waals surface area (Å²) in [6.45, 7) is -0.0521. The van der Waals surface area contributed by atoms with E-state index in [4.69, 9.17) is 14.2 Å². The van der Waals surface area contributed by atoms with Crippen LogP contribution < -0.4 is 0 Å². The fourth-order valence-electron chi connectivity index (χ4n) is 4.22. The number of rotatable bonds is 7. The molecule has 1 saturated heterocycles. The van der Waals surface area contributed by atoms with Gasteiger partial charge in [-0.2, -0.15) is 0 Å². The molecule has 6 heteroatoms. The first kappa shape index (κ1) is 22.6. The molecule has 4 rings (SSSR count). The molecular formula is C26H28O6. The van der Waals surface area contributed by atoms with Crippen LogP contribution in [0.1, 0.15) is 16.7 Å². The summed E-state index contributed by atoms with van der Waals surface area (Å²) in [6, 6.07) is 29.5. The predicted molar refractivity (Wildman–Crippen MR) is 119 cm³/mol. The first-order valence-corrected chi connectivity index (χ1v) is 10.6. The van der Waals surface area contributed by atoms with E-state index in [-0.39, 0.29) is 6.61 Å². The molecule has 0 bridgehead atoms. The molecule has 32 heavy (non-hydrogen) atoms. The van der Waals surface area contributed by atoms with Crippen LogP contribution in [0.2, 0.25) is 0 Å². The highest BCUT2D eigenvalue weighted by atomic mass is 16.7. The Bertz CT molecular complexity index is 867. The fourth-order valence-corrected chi connectivity index (χ4v) is 4.22. The van der Waals surface area contributed by atoms with Crippen LogP contribution in [0.5, 0.6) is 0 Å². The summed E-state index contributed by atoms with van der Waals surface area (Å²) < 4.78 is 17.5. The molecule has 0 spiro atoms. The van der Waals surface area contributed by atoms with Crippen LogP contribution in [-0.4, -0.2) is 59.7 Å². The largest absolute Gasteiger partial charge is 0.387 e. The molecule has 0 radical (unpaired) electrons. The fraction of sp³-hybridized carbons (Fsp3) is 0.308. The van der Waals surface area contributed by atoms with Crippen LogP contribution in [0, 0.1) is 0 Å². The second-order valence-corrected chi connectivity index (χ2v) is 7.84. The Labute approximate surface area is 187 Å². The minimum absolute atomic E-state index is 0.0521. The predicted octanol–water partition coefficient (Wildman–Crippen LogP) is 2.45. The van der Waals surface area contributed by atoms with Crippen molar-refractivity contribution in [2.75, 3.05) is 13.7 Å². The van der Waals surface area contributed by atoms with Gasteiger partial charge in [-0.05, 0) is 16.7 Å².